The predicted molar refractivity (Wildman–Crippen MR) is 120 cm³/mol. The largest absolute Gasteiger partial charge is 0.497 e. The first kappa shape index (κ1) is 21.7. The molecule has 3 aromatic carbocycles. The molecule has 0 aliphatic heterocycles. The Kier molecular flexibility index (Phi) is 7.71. The summed E-state index contributed by atoms with van der Waals surface area (Å²) >= 11 is 0. The van der Waals surface area contributed by atoms with Crippen LogP contribution in [0.2, 0.25) is 0 Å². The number of hydrogen-bond acceptors (Lipinski definition) is 3. The van der Waals surface area contributed by atoms with Crippen molar-refractivity contribution in [3.63, 3.8) is 0 Å². The Labute approximate surface area is 178 Å². The van der Waals surface area contributed by atoms with E-state index in [1.807, 2.05) is 24.3 Å². The van der Waals surface area contributed by atoms with Gasteiger partial charge in [-0.3, -0.25) is 0 Å². The fourth-order valence-corrected chi connectivity index (χ4v) is 3.31. The molecule has 5 heteroatoms. The van der Waals surface area contributed by atoms with Crippen LogP contribution in [0.1, 0.15) is 12.8 Å². The third-order valence-corrected chi connectivity index (χ3v) is 5.10. The van der Waals surface area contributed by atoms with Gasteiger partial charge < -0.3 is 25.7 Å². The lowest BCUT2D eigenvalue weighted by Crippen LogP contribution is -2.64. The molecule has 0 saturated carbocycles. The smallest absolute Gasteiger partial charge is 0.140 e. The SMILES string of the molecule is COc1ccc(-c2cc(OC[C@@H]([NH3+])CCC[NH3+])cc(-c3ccc(OC)cc3)c2)cc1. The lowest BCUT2D eigenvalue weighted by Gasteiger charge is -2.14. The van der Waals surface area contributed by atoms with E-state index in [0.29, 0.717) is 6.61 Å². The van der Waals surface area contributed by atoms with Crippen LogP contribution in [0, 0.1) is 0 Å². The maximum absolute atomic E-state index is 6.15. The Hall–Kier alpha value is -3.02. The highest BCUT2D eigenvalue weighted by Crippen LogP contribution is 2.33. The first-order valence-corrected chi connectivity index (χ1v) is 10.3. The molecule has 158 valence electrons. The molecule has 0 unspecified atom stereocenters. The van der Waals surface area contributed by atoms with Crippen molar-refractivity contribution in [2.24, 2.45) is 0 Å². The average molecular weight is 409 g/mol. The number of rotatable bonds is 10. The minimum absolute atomic E-state index is 0.251. The van der Waals surface area contributed by atoms with Crippen LogP contribution in [0.25, 0.3) is 22.3 Å². The molecule has 0 spiro atoms. The van der Waals surface area contributed by atoms with Gasteiger partial charge in [-0.25, -0.2) is 0 Å². The Morgan fingerprint density at radius 2 is 1.20 bits per heavy atom. The lowest BCUT2D eigenvalue weighted by molar-refractivity contribution is -0.429. The van der Waals surface area contributed by atoms with Crippen molar-refractivity contribution in [3.8, 4) is 39.5 Å². The molecule has 3 rings (SSSR count). The number of ether oxygens (including phenoxy) is 3. The summed E-state index contributed by atoms with van der Waals surface area (Å²) in [5, 5.41) is 0. The van der Waals surface area contributed by atoms with Crippen molar-refractivity contribution in [3.05, 3.63) is 66.7 Å². The summed E-state index contributed by atoms with van der Waals surface area (Å²) in [4.78, 5) is 0. The van der Waals surface area contributed by atoms with Crippen LogP contribution >= 0.6 is 0 Å². The molecule has 0 fully saturated rings. The predicted octanol–water partition coefficient (Wildman–Crippen LogP) is 3.05. The van der Waals surface area contributed by atoms with Crippen molar-refractivity contribution in [2.45, 2.75) is 18.9 Å². The molecule has 0 radical (unpaired) electrons. The Morgan fingerprint density at radius 1 is 0.700 bits per heavy atom. The van der Waals surface area contributed by atoms with Gasteiger partial charge in [-0.05, 0) is 64.7 Å². The molecule has 0 aliphatic rings. The molecule has 0 aliphatic carbocycles. The molecule has 3 aromatic rings. The van der Waals surface area contributed by atoms with Crippen molar-refractivity contribution in [2.75, 3.05) is 27.4 Å². The van der Waals surface area contributed by atoms with Crippen LogP contribution < -0.4 is 25.7 Å². The summed E-state index contributed by atoms with van der Waals surface area (Å²) < 4.78 is 16.7. The standard InChI is InChI=1S/C25H30N2O3/c1-28-23-9-5-18(6-10-23)20-14-21(19-7-11-24(29-2)12-8-19)16-25(15-20)30-17-22(27)4-3-13-26/h5-12,14-16,22H,3-4,13,17,26-27H2,1-2H3/p+2/t22-/m0/s1. The summed E-state index contributed by atoms with van der Waals surface area (Å²) in [6.07, 6.45) is 2.09. The first-order chi connectivity index (χ1) is 14.6. The molecule has 1 atom stereocenters. The molecular weight excluding hydrogens is 376 g/mol. The van der Waals surface area contributed by atoms with Gasteiger partial charge in [-0.15, -0.1) is 0 Å². The van der Waals surface area contributed by atoms with Gasteiger partial charge in [0.2, 0.25) is 0 Å². The number of hydrogen-bond donors (Lipinski definition) is 2. The number of methoxy groups -OCH3 is 2. The third-order valence-electron chi connectivity index (χ3n) is 5.10. The molecule has 0 saturated heterocycles. The van der Waals surface area contributed by atoms with Crippen LogP contribution in [-0.2, 0) is 0 Å². The molecule has 6 N–H and O–H groups in total. The summed E-state index contributed by atoms with van der Waals surface area (Å²) in [5.74, 6) is 2.52. The lowest BCUT2D eigenvalue weighted by atomic mass is 9.98. The molecule has 5 nitrogen and oxygen atoms in total. The van der Waals surface area contributed by atoms with E-state index in [1.165, 1.54) is 0 Å². The molecule has 30 heavy (non-hydrogen) atoms. The first-order valence-electron chi connectivity index (χ1n) is 10.3. The van der Waals surface area contributed by atoms with Crippen LogP contribution in [0.5, 0.6) is 17.2 Å². The van der Waals surface area contributed by atoms with Crippen LogP contribution in [-0.4, -0.2) is 33.4 Å². The third kappa shape index (κ3) is 5.75. The van der Waals surface area contributed by atoms with Crippen LogP contribution in [0.3, 0.4) is 0 Å². The van der Waals surface area contributed by atoms with E-state index in [1.54, 1.807) is 14.2 Å². The van der Waals surface area contributed by atoms with Crippen LogP contribution in [0.4, 0.5) is 0 Å². The fraction of sp³-hybridized carbons (Fsp3) is 0.280. The highest BCUT2D eigenvalue weighted by Gasteiger charge is 2.11. The zero-order valence-corrected chi connectivity index (χ0v) is 17.9. The van der Waals surface area contributed by atoms with E-state index in [2.05, 4.69) is 53.9 Å². The summed E-state index contributed by atoms with van der Waals surface area (Å²) in [6.45, 7) is 1.52. The number of benzene rings is 3. The number of quaternary nitrogens is 2. The second kappa shape index (κ2) is 10.7. The van der Waals surface area contributed by atoms with E-state index in [-0.39, 0.29) is 6.04 Å². The topological polar surface area (TPSA) is 83.0 Å². The Morgan fingerprint density at radius 3 is 1.63 bits per heavy atom. The van der Waals surface area contributed by atoms with E-state index in [4.69, 9.17) is 14.2 Å². The maximum Gasteiger partial charge on any atom is 0.140 e. The summed E-state index contributed by atoms with van der Waals surface area (Å²) in [6, 6.07) is 22.8. The van der Waals surface area contributed by atoms with Gasteiger partial charge in [0.15, 0.2) is 0 Å². The summed E-state index contributed by atoms with van der Waals surface area (Å²) in [7, 11) is 3.35. The van der Waals surface area contributed by atoms with Gasteiger partial charge in [0.1, 0.15) is 29.9 Å². The highest BCUT2D eigenvalue weighted by molar-refractivity contribution is 5.75. The van der Waals surface area contributed by atoms with Gasteiger partial charge in [0, 0.05) is 12.8 Å². The van der Waals surface area contributed by atoms with E-state index in [9.17, 15) is 0 Å². The minimum Gasteiger partial charge on any atom is -0.497 e. The van der Waals surface area contributed by atoms with E-state index < -0.39 is 0 Å². The Bertz CT molecular complexity index is 858. The van der Waals surface area contributed by atoms with Gasteiger partial charge in [-0.2, -0.15) is 0 Å². The average Bonchev–Trinajstić information content (AvgIpc) is 2.81. The Balaban J connectivity index is 1.91. The molecule has 0 aromatic heterocycles. The van der Waals surface area contributed by atoms with Gasteiger partial charge in [0.25, 0.3) is 0 Å². The van der Waals surface area contributed by atoms with E-state index in [0.717, 1.165) is 58.9 Å². The quantitative estimate of drug-likeness (QED) is 0.541. The minimum atomic E-state index is 0.251. The van der Waals surface area contributed by atoms with Crippen LogP contribution in [0.15, 0.2) is 66.7 Å². The monoisotopic (exact) mass is 408 g/mol. The van der Waals surface area contributed by atoms with Gasteiger partial charge in [0.05, 0.1) is 20.8 Å². The van der Waals surface area contributed by atoms with Gasteiger partial charge in [-0.1, -0.05) is 24.3 Å². The van der Waals surface area contributed by atoms with Crippen molar-refractivity contribution in [1.29, 1.82) is 0 Å². The zero-order chi connectivity index (χ0) is 21.3. The van der Waals surface area contributed by atoms with E-state index >= 15 is 0 Å². The second-order valence-corrected chi connectivity index (χ2v) is 7.38. The molecule has 0 bridgehead atoms. The fourth-order valence-electron chi connectivity index (χ4n) is 3.31. The normalized spacial score (nSPS) is 11.7. The molecule has 0 heterocycles. The maximum atomic E-state index is 6.15. The molecular formula is C25H32N2O3+2. The van der Waals surface area contributed by atoms with Crippen molar-refractivity contribution < 1.29 is 25.7 Å². The zero-order valence-electron chi connectivity index (χ0n) is 17.9. The highest BCUT2D eigenvalue weighted by atomic mass is 16.5. The van der Waals surface area contributed by atoms with Crippen molar-refractivity contribution >= 4 is 0 Å². The van der Waals surface area contributed by atoms with Gasteiger partial charge >= 0.3 is 0 Å². The summed E-state index contributed by atoms with van der Waals surface area (Å²) in [5.41, 5.74) is 12.5. The second-order valence-electron chi connectivity index (χ2n) is 7.38. The molecule has 0 amide bonds. The van der Waals surface area contributed by atoms with Crippen molar-refractivity contribution in [1.82, 2.24) is 0 Å².